The van der Waals surface area contributed by atoms with E-state index < -0.39 is 6.04 Å². The first-order valence-electron chi connectivity index (χ1n) is 8.15. The molecule has 1 unspecified atom stereocenters. The standard InChI is InChI=1S/C20H21N3O2/c1-13-9-11-16(12-10-13)21-19(24)17-14(2)23(3)20(25)22-18(17)15-7-5-4-6-8-15/h4-12,18H,1-3H3,(H,21,24)(H,22,25). The molecule has 0 saturated heterocycles. The lowest BCUT2D eigenvalue weighted by atomic mass is 9.94. The third-order valence-electron chi connectivity index (χ3n) is 4.44. The Balaban J connectivity index is 1.97. The molecule has 2 aromatic carbocycles. The van der Waals surface area contributed by atoms with E-state index in [2.05, 4.69) is 10.6 Å². The zero-order valence-corrected chi connectivity index (χ0v) is 14.5. The van der Waals surface area contributed by atoms with Gasteiger partial charge in [-0.2, -0.15) is 0 Å². The first-order valence-corrected chi connectivity index (χ1v) is 8.15. The highest BCUT2D eigenvalue weighted by Crippen LogP contribution is 2.30. The zero-order valence-electron chi connectivity index (χ0n) is 14.5. The highest BCUT2D eigenvalue weighted by molar-refractivity contribution is 6.06. The van der Waals surface area contributed by atoms with Gasteiger partial charge in [0.05, 0.1) is 11.6 Å². The summed E-state index contributed by atoms with van der Waals surface area (Å²) < 4.78 is 0. The Kier molecular flexibility index (Phi) is 4.57. The first-order chi connectivity index (χ1) is 12.0. The van der Waals surface area contributed by atoms with E-state index in [4.69, 9.17) is 0 Å². The average molecular weight is 335 g/mol. The van der Waals surface area contributed by atoms with Crippen LogP contribution in [0.25, 0.3) is 0 Å². The molecule has 25 heavy (non-hydrogen) atoms. The van der Waals surface area contributed by atoms with Crippen LogP contribution in [0, 0.1) is 6.92 Å². The van der Waals surface area contributed by atoms with E-state index in [1.807, 2.05) is 61.5 Å². The predicted octanol–water partition coefficient (Wildman–Crippen LogP) is 3.60. The molecule has 128 valence electrons. The summed E-state index contributed by atoms with van der Waals surface area (Å²) >= 11 is 0. The Morgan fingerprint density at radius 2 is 1.68 bits per heavy atom. The van der Waals surface area contributed by atoms with Crippen LogP contribution in [0.3, 0.4) is 0 Å². The van der Waals surface area contributed by atoms with Crippen molar-refractivity contribution < 1.29 is 9.59 Å². The van der Waals surface area contributed by atoms with Gasteiger partial charge in [0.15, 0.2) is 0 Å². The van der Waals surface area contributed by atoms with Crippen molar-refractivity contribution in [1.82, 2.24) is 10.2 Å². The van der Waals surface area contributed by atoms with Gasteiger partial charge in [-0.1, -0.05) is 48.0 Å². The minimum atomic E-state index is -0.477. The van der Waals surface area contributed by atoms with Gasteiger partial charge in [-0.3, -0.25) is 4.79 Å². The van der Waals surface area contributed by atoms with Crippen LogP contribution in [-0.4, -0.2) is 23.9 Å². The smallest absolute Gasteiger partial charge is 0.322 e. The number of anilines is 1. The number of rotatable bonds is 3. The molecule has 0 bridgehead atoms. The molecule has 2 N–H and O–H groups in total. The molecule has 1 aliphatic rings. The summed E-state index contributed by atoms with van der Waals surface area (Å²) in [5, 5.41) is 5.84. The summed E-state index contributed by atoms with van der Waals surface area (Å²) in [7, 11) is 1.66. The molecule has 0 spiro atoms. The molecule has 1 aliphatic heterocycles. The lowest BCUT2D eigenvalue weighted by Gasteiger charge is -2.33. The number of nitrogens with one attached hydrogen (secondary N) is 2. The predicted molar refractivity (Wildman–Crippen MR) is 98.0 cm³/mol. The second-order valence-electron chi connectivity index (χ2n) is 6.17. The molecule has 3 rings (SSSR count). The molecule has 3 amide bonds. The number of hydrogen-bond acceptors (Lipinski definition) is 2. The van der Waals surface area contributed by atoms with Gasteiger partial charge >= 0.3 is 6.03 Å². The average Bonchev–Trinajstić information content (AvgIpc) is 2.62. The van der Waals surface area contributed by atoms with Crippen LogP contribution in [0.4, 0.5) is 10.5 Å². The Bertz CT molecular complexity index is 826. The highest BCUT2D eigenvalue weighted by Gasteiger charge is 2.33. The second kappa shape index (κ2) is 6.81. The Morgan fingerprint density at radius 3 is 2.32 bits per heavy atom. The second-order valence-corrected chi connectivity index (χ2v) is 6.17. The summed E-state index contributed by atoms with van der Waals surface area (Å²) in [4.78, 5) is 26.6. The van der Waals surface area contributed by atoms with Gasteiger partial charge in [0.2, 0.25) is 0 Å². The molecule has 2 aromatic rings. The molecular formula is C20H21N3O2. The van der Waals surface area contributed by atoms with Crippen LogP contribution < -0.4 is 10.6 Å². The van der Waals surface area contributed by atoms with Gasteiger partial charge in [0.1, 0.15) is 0 Å². The number of nitrogens with zero attached hydrogens (tertiary/aromatic N) is 1. The van der Waals surface area contributed by atoms with Crippen LogP contribution in [0.15, 0.2) is 65.9 Å². The molecule has 5 heteroatoms. The lowest BCUT2D eigenvalue weighted by Crippen LogP contribution is -2.46. The fraction of sp³-hybridized carbons (Fsp3) is 0.200. The maximum absolute atomic E-state index is 13.0. The fourth-order valence-electron chi connectivity index (χ4n) is 2.86. The van der Waals surface area contributed by atoms with Gasteiger partial charge < -0.3 is 15.5 Å². The summed E-state index contributed by atoms with van der Waals surface area (Å²) in [5.74, 6) is -0.220. The number of aryl methyl sites for hydroxylation is 1. The maximum Gasteiger partial charge on any atom is 0.322 e. The third-order valence-corrected chi connectivity index (χ3v) is 4.44. The van der Waals surface area contributed by atoms with E-state index in [0.717, 1.165) is 16.8 Å². The van der Waals surface area contributed by atoms with Crippen molar-refractivity contribution in [2.24, 2.45) is 0 Å². The van der Waals surface area contributed by atoms with Crippen molar-refractivity contribution in [3.05, 3.63) is 77.0 Å². The van der Waals surface area contributed by atoms with Crippen molar-refractivity contribution in [3.63, 3.8) is 0 Å². The molecule has 0 radical (unpaired) electrons. The third kappa shape index (κ3) is 3.40. The van der Waals surface area contributed by atoms with Gasteiger partial charge in [-0.05, 0) is 31.5 Å². The van der Waals surface area contributed by atoms with Crippen LogP contribution in [-0.2, 0) is 4.79 Å². The van der Waals surface area contributed by atoms with E-state index in [-0.39, 0.29) is 11.9 Å². The SMILES string of the molecule is CC1=C(C(=O)Nc2ccc(C)cc2)C(c2ccccc2)NC(=O)N1C. The Morgan fingerprint density at radius 1 is 1.04 bits per heavy atom. The number of carbonyl (C=O) groups excluding carboxylic acids is 2. The van der Waals surface area contributed by atoms with Crippen LogP contribution in [0.2, 0.25) is 0 Å². The number of carbonyl (C=O) groups is 2. The van der Waals surface area contributed by atoms with E-state index in [1.165, 1.54) is 4.90 Å². The van der Waals surface area contributed by atoms with Crippen LogP contribution in [0.5, 0.6) is 0 Å². The van der Waals surface area contributed by atoms with Gasteiger partial charge in [0.25, 0.3) is 5.91 Å². The minimum Gasteiger partial charge on any atom is -0.327 e. The Hall–Kier alpha value is -3.08. The van der Waals surface area contributed by atoms with Crippen molar-refractivity contribution in [1.29, 1.82) is 0 Å². The fourth-order valence-corrected chi connectivity index (χ4v) is 2.86. The largest absolute Gasteiger partial charge is 0.327 e. The molecule has 5 nitrogen and oxygen atoms in total. The minimum absolute atomic E-state index is 0.220. The van der Waals surface area contributed by atoms with Crippen LogP contribution >= 0.6 is 0 Å². The first kappa shape index (κ1) is 16.8. The number of amides is 3. The number of benzene rings is 2. The molecule has 1 atom stereocenters. The molecule has 0 saturated carbocycles. The number of hydrogen-bond donors (Lipinski definition) is 2. The van der Waals surface area contributed by atoms with E-state index in [9.17, 15) is 9.59 Å². The zero-order chi connectivity index (χ0) is 18.0. The molecule has 0 fully saturated rings. The van der Waals surface area contributed by atoms with Gasteiger partial charge in [-0.25, -0.2) is 4.79 Å². The molecule has 0 aliphatic carbocycles. The molecule has 1 heterocycles. The van der Waals surface area contributed by atoms with E-state index in [0.29, 0.717) is 11.3 Å². The topological polar surface area (TPSA) is 61.4 Å². The lowest BCUT2D eigenvalue weighted by molar-refractivity contribution is -0.113. The Labute approximate surface area is 147 Å². The molecule has 0 aromatic heterocycles. The summed E-state index contributed by atoms with van der Waals surface area (Å²) in [6.45, 7) is 3.79. The van der Waals surface area contributed by atoms with Gasteiger partial charge in [-0.15, -0.1) is 0 Å². The van der Waals surface area contributed by atoms with E-state index >= 15 is 0 Å². The summed E-state index contributed by atoms with van der Waals surface area (Å²) in [6, 6.07) is 16.4. The molecular weight excluding hydrogens is 314 g/mol. The number of allylic oxidation sites excluding steroid dienone is 1. The van der Waals surface area contributed by atoms with Crippen molar-refractivity contribution >= 4 is 17.6 Å². The summed E-state index contributed by atoms with van der Waals surface area (Å²) in [5.41, 5.74) is 3.90. The van der Waals surface area contributed by atoms with E-state index in [1.54, 1.807) is 14.0 Å². The maximum atomic E-state index is 13.0. The monoisotopic (exact) mass is 335 g/mol. The van der Waals surface area contributed by atoms with Crippen molar-refractivity contribution in [2.75, 3.05) is 12.4 Å². The van der Waals surface area contributed by atoms with Gasteiger partial charge in [0, 0.05) is 18.4 Å². The van der Waals surface area contributed by atoms with Crippen molar-refractivity contribution in [2.45, 2.75) is 19.9 Å². The van der Waals surface area contributed by atoms with Crippen LogP contribution in [0.1, 0.15) is 24.1 Å². The normalized spacial score (nSPS) is 17.3. The van der Waals surface area contributed by atoms with Crippen molar-refractivity contribution in [3.8, 4) is 0 Å². The quantitative estimate of drug-likeness (QED) is 0.900. The number of urea groups is 1. The summed E-state index contributed by atoms with van der Waals surface area (Å²) in [6.07, 6.45) is 0. The highest BCUT2D eigenvalue weighted by atomic mass is 16.2.